The highest BCUT2D eigenvalue weighted by Gasteiger charge is 2.31. The van der Waals surface area contributed by atoms with Crippen LogP contribution in [0.25, 0.3) is 0 Å². The Morgan fingerprint density at radius 3 is 2.32 bits per heavy atom. The summed E-state index contributed by atoms with van der Waals surface area (Å²) in [6.07, 6.45) is -4.65. The highest BCUT2D eigenvalue weighted by atomic mass is 35.5. The largest absolute Gasteiger partial charge is 0.416 e. The van der Waals surface area contributed by atoms with Gasteiger partial charge in [-0.2, -0.15) is 13.2 Å². The van der Waals surface area contributed by atoms with Gasteiger partial charge in [-0.3, -0.25) is 9.52 Å². The summed E-state index contributed by atoms with van der Waals surface area (Å²) in [5.74, 6) is -1.58. The van der Waals surface area contributed by atoms with E-state index in [0.717, 1.165) is 42.5 Å². The molecular weight excluding hydrogens is 460 g/mol. The van der Waals surface area contributed by atoms with Gasteiger partial charge in [0.05, 0.1) is 26.7 Å². The van der Waals surface area contributed by atoms with Gasteiger partial charge >= 0.3 is 6.18 Å². The number of nitrogens with one attached hydrogen (secondary N) is 2. The zero-order valence-electron chi connectivity index (χ0n) is 15.4. The van der Waals surface area contributed by atoms with Crippen LogP contribution in [0.5, 0.6) is 0 Å². The predicted octanol–water partition coefficient (Wildman–Crippen LogP) is 5.55. The number of amides is 1. The summed E-state index contributed by atoms with van der Waals surface area (Å²) >= 11 is 5.98. The Balaban J connectivity index is 1.89. The lowest BCUT2D eigenvalue weighted by atomic mass is 10.2. The van der Waals surface area contributed by atoms with E-state index < -0.39 is 38.4 Å². The second kappa shape index (κ2) is 8.56. The van der Waals surface area contributed by atoms with Crippen LogP contribution >= 0.6 is 11.6 Å². The molecule has 0 spiro atoms. The molecule has 0 aliphatic carbocycles. The fraction of sp³-hybridized carbons (Fsp3) is 0.0500. The van der Waals surface area contributed by atoms with E-state index in [1.54, 1.807) is 0 Å². The van der Waals surface area contributed by atoms with Crippen LogP contribution in [0.2, 0.25) is 5.02 Å². The molecule has 2 N–H and O–H groups in total. The molecule has 5 nitrogen and oxygen atoms in total. The van der Waals surface area contributed by atoms with Crippen LogP contribution in [0.1, 0.15) is 15.9 Å². The molecule has 11 heteroatoms. The number of rotatable bonds is 5. The molecule has 0 heterocycles. The van der Waals surface area contributed by atoms with Crippen LogP contribution in [0.4, 0.5) is 28.9 Å². The molecule has 0 unspecified atom stereocenters. The van der Waals surface area contributed by atoms with Crippen LogP contribution in [0.3, 0.4) is 0 Å². The van der Waals surface area contributed by atoms with E-state index in [2.05, 4.69) is 5.32 Å². The summed E-state index contributed by atoms with van der Waals surface area (Å²) in [6.45, 7) is 0. The van der Waals surface area contributed by atoms with Crippen molar-refractivity contribution in [3.63, 3.8) is 0 Å². The van der Waals surface area contributed by atoms with Crippen molar-refractivity contribution in [2.24, 2.45) is 0 Å². The van der Waals surface area contributed by atoms with Gasteiger partial charge in [0, 0.05) is 5.69 Å². The van der Waals surface area contributed by atoms with Gasteiger partial charge < -0.3 is 5.32 Å². The van der Waals surface area contributed by atoms with Gasteiger partial charge in [0.25, 0.3) is 15.9 Å². The molecule has 0 saturated heterocycles. The summed E-state index contributed by atoms with van der Waals surface area (Å²) < 4.78 is 79.6. The van der Waals surface area contributed by atoms with Crippen molar-refractivity contribution >= 4 is 38.9 Å². The quantitative estimate of drug-likeness (QED) is 0.478. The maximum Gasteiger partial charge on any atom is 0.416 e. The third-order valence-electron chi connectivity index (χ3n) is 4.06. The Labute approximate surface area is 179 Å². The van der Waals surface area contributed by atoms with Crippen LogP contribution in [-0.2, 0) is 16.2 Å². The first-order valence-electron chi connectivity index (χ1n) is 8.53. The smallest absolute Gasteiger partial charge is 0.319 e. The lowest BCUT2D eigenvalue weighted by molar-refractivity contribution is -0.137. The molecule has 0 saturated carbocycles. The summed E-state index contributed by atoms with van der Waals surface area (Å²) in [6, 6.07) is 12.1. The van der Waals surface area contributed by atoms with Crippen LogP contribution in [0, 0.1) is 5.82 Å². The average Bonchev–Trinajstić information content (AvgIpc) is 2.69. The second-order valence-electron chi connectivity index (χ2n) is 6.26. The molecule has 3 aromatic rings. The molecule has 0 fully saturated rings. The van der Waals surface area contributed by atoms with Crippen LogP contribution < -0.4 is 10.0 Å². The molecule has 31 heavy (non-hydrogen) atoms. The summed E-state index contributed by atoms with van der Waals surface area (Å²) in [5.41, 5.74) is -1.76. The van der Waals surface area contributed by atoms with E-state index >= 15 is 0 Å². The SMILES string of the molecule is O=C(Nc1ccccc1F)c1cc(S(=O)(=O)Nc2cccc(C(F)(F)F)c2)ccc1Cl. The maximum absolute atomic E-state index is 13.8. The first-order valence-corrected chi connectivity index (χ1v) is 10.4. The van der Waals surface area contributed by atoms with Crippen molar-refractivity contribution in [2.75, 3.05) is 10.0 Å². The van der Waals surface area contributed by atoms with Gasteiger partial charge in [-0.05, 0) is 48.5 Å². The summed E-state index contributed by atoms with van der Waals surface area (Å²) in [4.78, 5) is 12.1. The van der Waals surface area contributed by atoms with E-state index in [9.17, 15) is 30.8 Å². The monoisotopic (exact) mass is 472 g/mol. The van der Waals surface area contributed by atoms with Crippen molar-refractivity contribution in [1.82, 2.24) is 0 Å². The lowest BCUT2D eigenvalue weighted by Crippen LogP contribution is -2.17. The first kappa shape index (κ1) is 22.6. The Morgan fingerprint density at radius 1 is 0.935 bits per heavy atom. The molecule has 0 aromatic heterocycles. The third-order valence-corrected chi connectivity index (χ3v) is 5.77. The highest BCUT2D eigenvalue weighted by Crippen LogP contribution is 2.31. The number of anilines is 2. The molecule has 3 aromatic carbocycles. The number of sulfonamides is 1. The minimum absolute atomic E-state index is 0.105. The number of halogens is 5. The Morgan fingerprint density at radius 2 is 1.65 bits per heavy atom. The highest BCUT2D eigenvalue weighted by molar-refractivity contribution is 7.92. The predicted molar refractivity (Wildman–Crippen MR) is 108 cm³/mol. The fourth-order valence-electron chi connectivity index (χ4n) is 2.57. The standard InChI is InChI=1S/C20H13ClF4N2O3S/c21-16-9-8-14(11-15(16)19(28)26-18-7-2-1-6-17(18)22)31(29,30)27-13-5-3-4-12(10-13)20(23,24)25/h1-11,27H,(H,26,28). The minimum Gasteiger partial charge on any atom is -0.319 e. The van der Waals surface area contributed by atoms with E-state index in [1.165, 1.54) is 18.2 Å². The van der Waals surface area contributed by atoms with Crippen molar-refractivity contribution in [3.05, 3.63) is 88.7 Å². The van der Waals surface area contributed by atoms with Crippen LogP contribution in [-0.4, -0.2) is 14.3 Å². The van der Waals surface area contributed by atoms with Crippen molar-refractivity contribution in [2.45, 2.75) is 11.1 Å². The molecule has 0 bridgehead atoms. The Kier molecular flexibility index (Phi) is 6.23. The number of carbonyl (C=O) groups is 1. The first-order chi connectivity index (χ1) is 14.5. The molecule has 0 atom stereocenters. The minimum atomic E-state index is -4.65. The van der Waals surface area contributed by atoms with Gasteiger partial charge in [0.2, 0.25) is 0 Å². The van der Waals surface area contributed by atoms with Gasteiger partial charge in [-0.25, -0.2) is 12.8 Å². The number of carbonyl (C=O) groups excluding carboxylic acids is 1. The number of alkyl halides is 3. The van der Waals surface area contributed by atoms with Gasteiger partial charge in [0.1, 0.15) is 5.82 Å². The maximum atomic E-state index is 13.8. The zero-order chi connectivity index (χ0) is 22.8. The van der Waals surface area contributed by atoms with Gasteiger partial charge in [-0.1, -0.05) is 29.8 Å². The topological polar surface area (TPSA) is 75.3 Å². The molecule has 1 amide bonds. The van der Waals surface area contributed by atoms with Crippen molar-refractivity contribution in [3.8, 4) is 0 Å². The van der Waals surface area contributed by atoms with E-state index in [-0.39, 0.29) is 22.0 Å². The zero-order valence-corrected chi connectivity index (χ0v) is 16.9. The van der Waals surface area contributed by atoms with Gasteiger partial charge in [-0.15, -0.1) is 0 Å². The van der Waals surface area contributed by atoms with Crippen LogP contribution in [0.15, 0.2) is 71.6 Å². The molecular formula is C20H13ClF4N2O3S. The fourth-order valence-corrected chi connectivity index (χ4v) is 3.85. The molecule has 0 radical (unpaired) electrons. The van der Waals surface area contributed by atoms with Gasteiger partial charge in [0.15, 0.2) is 0 Å². The van der Waals surface area contributed by atoms with Crippen molar-refractivity contribution < 1.29 is 30.8 Å². The molecule has 3 rings (SSSR count). The normalized spacial score (nSPS) is 11.8. The second-order valence-corrected chi connectivity index (χ2v) is 8.35. The molecule has 0 aliphatic heterocycles. The summed E-state index contributed by atoms with van der Waals surface area (Å²) in [7, 11) is -4.36. The van der Waals surface area contributed by atoms with E-state index in [1.807, 2.05) is 4.72 Å². The molecule has 0 aliphatic rings. The Bertz CT molecular complexity index is 1250. The van der Waals surface area contributed by atoms with E-state index in [4.69, 9.17) is 11.6 Å². The third kappa shape index (κ3) is 5.33. The number of para-hydroxylation sites is 1. The number of benzene rings is 3. The number of hydrogen-bond donors (Lipinski definition) is 2. The lowest BCUT2D eigenvalue weighted by Gasteiger charge is -2.13. The summed E-state index contributed by atoms with van der Waals surface area (Å²) in [5, 5.41) is 2.18. The number of hydrogen-bond acceptors (Lipinski definition) is 3. The average molecular weight is 473 g/mol. The van der Waals surface area contributed by atoms with E-state index in [0.29, 0.717) is 6.07 Å². The Hall–Kier alpha value is -3.11. The van der Waals surface area contributed by atoms with Crippen molar-refractivity contribution in [1.29, 1.82) is 0 Å². The molecule has 162 valence electrons.